The minimum Gasteiger partial charge on any atom is -0.394 e. The summed E-state index contributed by atoms with van der Waals surface area (Å²) in [5.74, 6) is -1.90. The second-order valence-corrected chi connectivity index (χ2v) is 10.3. The first-order valence-corrected chi connectivity index (χ1v) is 14.0. The van der Waals surface area contributed by atoms with Crippen molar-refractivity contribution in [2.24, 2.45) is 5.73 Å². The molecule has 1 atom stereocenters. The van der Waals surface area contributed by atoms with Gasteiger partial charge >= 0.3 is 0 Å². The molecule has 0 spiro atoms. The van der Waals surface area contributed by atoms with E-state index in [2.05, 4.69) is 36.2 Å². The van der Waals surface area contributed by atoms with E-state index in [0.717, 1.165) is 53.3 Å². The van der Waals surface area contributed by atoms with Crippen LogP contribution in [0.3, 0.4) is 0 Å². The van der Waals surface area contributed by atoms with Crippen LogP contribution in [-0.4, -0.2) is 74.6 Å². The lowest BCUT2D eigenvalue weighted by Gasteiger charge is -2.07. The van der Waals surface area contributed by atoms with Crippen molar-refractivity contribution in [1.29, 1.82) is 0 Å². The fourth-order valence-corrected chi connectivity index (χ4v) is 4.86. The zero-order valence-electron chi connectivity index (χ0n) is 19.9. The SMILES string of the molecule is NCCCCCC(=O)Nc1nc(C(=O)Nc2nc(C(=O)Nc3nc(C(=O)NCC(O)CO)cs3)cs2)cs1. The third kappa shape index (κ3) is 8.89. The van der Waals surface area contributed by atoms with E-state index in [1.54, 1.807) is 0 Å². The van der Waals surface area contributed by atoms with Crippen LogP contribution < -0.4 is 27.0 Å². The van der Waals surface area contributed by atoms with Crippen molar-refractivity contribution in [3.63, 3.8) is 0 Å². The van der Waals surface area contributed by atoms with E-state index >= 15 is 0 Å². The second-order valence-electron chi connectivity index (χ2n) is 7.72. The predicted molar refractivity (Wildman–Crippen MR) is 144 cm³/mol. The van der Waals surface area contributed by atoms with Crippen molar-refractivity contribution in [3.05, 3.63) is 33.2 Å². The molecule has 4 amide bonds. The van der Waals surface area contributed by atoms with E-state index in [4.69, 9.17) is 10.8 Å². The molecule has 0 aliphatic heterocycles. The van der Waals surface area contributed by atoms with E-state index < -0.39 is 30.4 Å². The van der Waals surface area contributed by atoms with Gasteiger partial charge < -0.3 is 26.6 Å². The third-order valence-electron chi connectivity index (χ3n) is 4.71. The van der Waals surface area contributed by atoms with Crippen molar-refractivity contribution >= 4 is 73.0 Å². The Bertz CT molecular complexity index is 1260. The van der Waals surface area contributed by atoms with Gasteiger partial charge in [-0.25, -0.2) is 15.0 Å². The summed E-state index contributed by atoms with van der Waals surface area (Å²) in [6.45, 7) is -0.0483. The summed E-state index contributed by atoms with van der Waals surface area (Å²) in [6, 6.07) is 0. The Morgan fingerprint density at radius 1 is 0.789 bits per heavy atom. The van der Waals surface area contributed by atoms with E-state index in [1.165, 1.54) is 16.1 Å². The Morgan fingerprint density at radius 3 is 1.79 bits per heavy atom. The first-order valence-electron chi connectivity index (χ1n) is 11.3. The molecule has 3 aromatic heterocycles. The zero-order chi connectivity index (χ0) is 27.5. The highest BCUT2D eigenvalue weighted by molar-refractivity contribution is 7.15. The Morgan fingerprint density at radius 2 is 1.29 bits per heavy atom. The Hall–Kier alpha value is -3.35. The number of hydrogen-bond donors (Lipinski definition) is 7. The number of nitrogens with zero attached hydrogens (tertiary/aromatic N) is 3. The topological polar surface area (TPSA) is 222 Å². The van der Waals surface area contributed by atoms with Gasteiger partial charge in [-0.2, -0.15) is 0 Å². The number of nitrogens with two attached hydrogens (primary N) is 1. The smallest absolute Gasteiger partial charge is 0.276 e. The molecule has 0 bridgehead atoms. The van der Waals surface area contributed by atoms with E-state index in [0.29, 0.717) is 18.1 Å². The van der Waals surface area contributed by atoms with Crippen LogP contribution in [0.5, 0.6) is 0 Å². The minimum atomic E-state index is -1.09. The van der Waals surface area contributed by atoms with Crippen molar-refractivity contribution in [2.45, 2.75) is 31.8 Å². The minimum absolute atomic E-state index is 0.0263. The largest absolute Gasteiger partial charge is 0.394 e. The van der Waals surface area contributed by atoms with Crippen molar-refractivity contribution in [3.8, 4) is 0 Å². The second kappa shape index (κ2) is 14.6. The number of nitrogens with one attached hydrogen (secondary N) is 4. The molecule has 204 valence electrons. The first kappa shape index (κ1) is 29.2. The molecule has 0 fully saturated rings. The lowest BCUT2D eigenvalue weighted by atomic mass is 10.2. The van der Waals surface area contributed by atoms with Gasteiger partial charge in [0, 0.05) is 29.1 Å². The molecule has 3 heterocycles. The predicted octanol–water partition coefficient (Wildman–Crippen LogP) is 1.10. The summed E-state index contributed by atoms with van der Waals surface area (Å²) >= 11 is 3.17. The van der Waals surface area contributed by atoms with E-state index in [1.807, 2.05) is 0 Å². The van der Waals surface area contributed by atoms with Crippen LogP contribution in [0.4, 0.5) is 15.4 Å². The number of aromatic nitrogens is 3. The molecule has 8 N–H and O–H groups in total. The summed E-state index contributed by atoms with van der Waals surface area (Å²) in [7, 11) is 0. The van der Waals surface area contributed by atoms with E-state index in [-0.39, 0.29) is 39.8 Å². The van der Waals surface area contributed by atoms with Gasteiger partial charge in [-0.15, -0.1) is 34.0 Å². The summed E-state index contributed by atoms with van der Waals surface area (Å²) in [5, 5.41) is 33.3. The fourth-order valence-electron chi connectivity index (χ4n) is 2.78. The molecule has 1 unspecified atom stereocenters. The molecule has 0 saturated heterocycles. The molecule has 0 aliphatic carbocycles. The number of hydrogen-bond acceptors (Lipinski definition) is 13. The van der Waals surface area contributed by atoms with Crippen LogP contribution in [0.1, 0.15) is 57.1 Å². The molecule has 3 aromatic rings. The van der Waals surface area contributed by atoms with E-state index in [9.17, 15) is 24.3 Å². The number of unbranched alkanes of at least 4 members (excludes halogenated alkanes) is 2. The molecule has 0 aromatic carbocycles. The highest BCUT2D eigenvalue weighted by Crippen LogP contribution is 2.21. The molecule has 38 heavy (non-hydrogen) atoms. The number of rotatable bonds is 14. The molecule has 0 aliphatic rings. The lowest BCUT2D eigenvalue weighted by molar-refractivity contribution is -0.116. The average molecular weight is 583 g/mol. The number of aliphatic hydroxyl groups excluding tert-OH is 2. The monoisotopic (exact) mass is 582 g/mol. The van der Waals surface area contributed by atoms with Crippen LogP contribution in [0.15, 0.2) is 16.1 Å². The lowest BCUT2D eigenvalue weighted by Crippen LogP contribution is -2.34. The summed E-state index contributed by atoms with van der Waals surface area (Å²) < 4.78 is 0. The fraction of sp³-hybridized carbons (Fsp3) is 0.381. The highest BCUT2D eigenvalue weighted by atomic mass is 32.1. The van der Waals surface area contributed by atoms with Crippen molar-refractivity contribution in [2.75, 3.05) is 35.6 Å². The molecule has 3 rings (SSSR count). The number of aliphatic hydroxyl groups is 2. The Balaban J connectivity index is 1.48. The number of thiazole rings is 3. The quantitative estimate of drug-likeness (QED) is 0.134. The van der Waals surface area contributed by atoms with Crippen LogP contribution in [0.25, 0.3) is 0 Å². The number of carbonyl (C=O) groups is 4. The maximum Gasteiger partial charge on any atom is 0.276 e. The highest BCUT2D eigenvalue weighted by Gasteiger charge is 2.18. The molecule has 0 saturated carbocycles. The maximum atomic E-state index is 12.5. The van der Waals surface area contributed by atoms with Crippen LogP contribution in [0, 0.1) is 0 Å². The molecular weight excluding hydrogens is 556 g/mol. The van der Waals surface area contributed by atoms with Gasteiger partial charge in [-0.05, 0) is 19.4 Å². The van der Waals surface area contributed by atoms with Gasteiger partial charge in [0.15, 0.2) is 15.4 Å². The Labute approximate surface area is 228 Å². The number of carbonyl (C=O) groups excluding carboxylic acids is 4. The number of anilines is 3. The van der Waals surface area contributed by atoms with Gasteiger partial charge in [-0.1, -0.05) is 6.42 Å². The number of amides is 4. The molecule has 17 heteroatoms. The van der Waals surface area contributed by atoms with Crippen LogP contribution >= 0.6 is 34.0 Å². The van der Waals surface area contributed by atoms with Crippen molar-refractivity contribution < 1.29 is 29.4 Å². The standard InChI is InChI=1S/C21H26N8O6S3/c22-5-3-1-2-4-15(32)27-19-25-13(9-36-19)17(34)29-21-26-14(10-38-21)18(35)28-20-24-12(8-37-20)16(33)23-6-11(31)7-30/h8-11,30-31H,1-7,22H2,(H,23,33)(H,24,28,35)(H,25,27,32)(H,26,29,34). The first-order chi connectivity index (χ1) is 18.3. The van der Waals surface area contributed by atoms with Gasteiger partial charge in [0.1, 0.15) is 17.1 Å². The zero-order valence-corrected chi connectivity index (χ0v) is 22.4. The maximum absolute atomic E-state index is 12.5. The van der Waals surface area contributed by atoms with Crippen molar-refractivity contribution in [1.82, 2.24) is 20.3 Å². The third-order valence-corrected chi connectivity index (χ3v) is 6.99. The summed E-state index contributed by atoms with van der Waals surface area (Å²) in [6.07, 6.45) is 1.70. The summed E-state index contributed by atoms with van der Waals surface area (Å²) in [4.78, 5) is 61.2. The molecular formula is C21H26N8O6S3. The molecule has 14 nitrogen and oxygen atoms in total. The van der Waals surface area contributed by atoms with Gasteiger partial charge in [-0.3, -0.25) is 29.8 Å². The summed E-state index contributed by atoms with van der Waals surface area (Å²) in [5.41, 5.74) is 5.59. The Kier molecular flexibility index (Phi) is 11.2. The van der Waals surface area contributed by atoms with Crippen LogP contribution in [-0.2, 0) is 4.79 Å². The van der Waals surface area contributed by atoms with Gasteiger partial charge in [0.2, 0.25) is 5.91 Å². The van der Waals surface area contributed by atoms with Gasteiger partial charge in [0.05, 0.1) is 12.7 Å². The van der Waals surface area contributed by atoms with Crippen LogP contribution in [0.2, 0.25) is 0 Å². The normalized spacial score (nSPS) is 11.6. The molecule has 0 radical (unpaired) electrons. The van der Waals surface area contributed by atoms with Gasteiger partial charge in [0.25, 0.3) is 17.7 Å². The average Bonchev–Trinajstić information content (AvgIpc) is 3.66.